The second kappa shape index (κ2) is 8.39. The van der Waals surface area contributed by atoms with Gasteiger partial charge in [-0.1, -0.05) is 51.2 Å². The molecule has 0 heterocycles. The second-order valence-corrected chi connectivity index (χ2v) is 5.27. The van der Waals surface area contributed by atoms with Crippen LogP contribution < -0.4 is 0 Å². The van der Waals surface area contributed by atoms with E-state index in [1.54, 1.807) is 0 Å². The molecule has 5 heteroatoms. The van der Waals surface area contributed by atoms with Crippen LogP contribution in [-0.4, -0.2) is 27.9 Å². The summed E-state index contributed by atoms with van der Waals surface area (Å²) >= 11 is 0. The van der Waals surface area contributed by atoms with Crippen molar-refractivity contribution in [3.8, 4) is 0 Å². The lowest BCUT2D eigenvalue weighted by atomic mass is 9.84. The number of ketones is 1. The number of carboxylic acids is 2. The number of carbonyl (C=O) groups excluding carboxylic acids is 1. The van der Waals surface area contributed by atoms with Gasteiger partial charge in [0, 0.05) is 0 Å². The van der Waals surface area contributed by atoms with Crippen LogP contribution in [0.3, 0.4) is 0 Å². The molecule has 1 atom stereocenters. The van der Waals surface area contributed by atoms with E-state index in [2.05, 4.69) is 6.92 Å². The minimum atomic E-state index is -1.57. The Kier molecular flexibility index (Phi) is 6.85. The van der Waals surface area contributed by atoms with Crippen molar-refractivity contribution < 1.29 is 24.6 Å². The maximum absolute atomic E-state index is 12.1. The Balaban J connectivity index is 2.61. The van der Waals surface area contributed by atoms with Gasteiger partial charge in [-0.15, -0.1) is 0 Å². The van der Waals surface area contributed by atoms with Crippen LogP contribution in [0.15, 0.2) is 23.3 Å². The highest BCUT2D eigenvalue weighted by atomic mass is 16.4. The molecule has 0 bridgehead atoms. The minimum Gasteiger partial charge on any atom is -0.480 e. The summed E-state index contributed by atoms with van der Waals surface area (Å²) in [6.07, 6.45) is 9.68. The van der Waals surface area contributed by atoms with E-state index in [-0.39, 0.29) is 5.57 Å². The lowest BCUT2D eigenvalue weighted by molar-refractivity contribution is -0.147. The van der Waals surface area contributed by atoms with Gasteiger partial charge in [-0.05, 0) is 18.4 Å². The zero-order valence-corrected chi connectivity index (χ0v) is 12.3. The Morgan fingerprint density at radius 2 is 1.67 bits per heavy atom. The predicted molar refractivity (Wildman–Crippen MR) is 77.9 cm³/mol. The van der Waals surface area contributed by atoms with Crippen LogP contribution in [0.5, 0.6) is 0 Å². The first-order valence-electron chi connectivity index (χ1n) is 7.40. The van der Waals surface area contributed by atoms with Gasteiger partial charge in [0.1, 0.15) is 0 Å². The molecule has 0 aromatic carbocycles. The van der Waals surface area contributed by atoms with Gasteiger partial charge in [0.05, 0.1) is 5.57 Å². The van der Waals surface area contributed by atoms with Crippen molar-refractivity contribution in [1.82, 2.24) is 0 Å². The fourth-order valence-corrected chi connectivity index (χ4v) is 2.44. The number of aliphatic carboxylic acids is 2. The van der Waals surface area contributed by atoms with E-state index in [0.29, 0.717) is 12.0 Å². The lowest BCUT2D eigenvalue weighted by Gasteiger charge is -2.18. The summed E-state index contributed by atoms with van der Waals surface area (Å²) in [5.41, 5.74) is 0.0575. The summed E-state index contributed by atoms with van der Waals surface area (Å²) < 4.78 is 0. The fraction of sp³-hybridized carbons (Fsp3) is 0.562. The van der Waals surface area contributed by atoms with Crippen molar-refractivity contribution in [3.63, 3.8) is 0 Å². The minimum absolute atomic E-state index is 0.362. The molecule has 1 aliphatic carbocycles. The van der Waals surface area contributed by atoms with Crippen LogP contribution >= 0.6 is 0 Å². The lowest BCUT2D eigenvalue weighted by Crippen LogP contribution is -2.32. The van der Waals surface area contributed by atoms with Gasteiger partial charge < -0.3 is 10.2 Å². The molecule has 0 saturated heterocycles. The zero-order chi connectivity index (χ0) is 15.8. The van der Waals surface area contributed by atoms with Crippen LogP contribution in [0.25, 0.3) is 0 Å². The van der Waals surface area contributed by atoms with Gasteiger partial charge in [-0.2, -0.15) is 0 Å². The summed E-state index contributed by atoms with van der Waals surface area (Å²) in [7, 11) is 0. The highest BCUT2D eigenvalue weighted by Crippen LogP contribution is 2.26. The molecular weight excluding hydrogens is 272 g/mol. The van der Waals surface area contributed by atoms with Gasteiger partial charge >= 0.3 is 11.9 Å². The Morgan fingerprint density at radius 3 is 2.24 bits per heavy atom. The van der Waals surface area contributed by atoms with Gasteiger partial charge in [-0.3, -0.25) is 9.59 Å². The molecule has 21 heavy (non-hydrogen) atoms. The molecular formula is C16H22O5. The summed E-state index contributed by atoms with van der Waals surface area (Å²) in [6, 6.07) is 0. The number of unbranched alkanes of at least 4 members (excludes halogenated alkanes) is 5. The molecule has 0 radical (unpaired) electrons. The van der Waals surface area contributed by atoms with Crippen LogP contribution in [0.4, 0.5) is 0 Å². The van der Waals surface area contributed by atoms with Crippen molar-refractivity contribution in [2.24, 2.45) is 5.92 Å². The number of allylic oxidation sites excluding steroid dienone is 3. The molecule has 1 aliphatic rings. The fourth-order valence-electron chi connectivity index (χ4n) is 2.44. The Labute approximate surface area is 124 Å². The van der Waals surface area contributed by atoms with Crippen molar-refractivity contribution in [1.29, 1.82) is 0 Å². The van der Waals surface area contributed by atoms with E-state index < -0.39 is 23.6 Å². The van der Waals surface area contributed by atoms with Gasteiger partial charge in [-0.25, -0.2) is 4.79 Å². The van der Waals surface area contributed by atoms with Gasteiger partial charge in [0.25, 0.3) is 0 Å². The number of rotatable bonds is 9. The molecule has 0 amide bonds. The monoisotopic (exact) mass is 294 g/mol. The van der Waals surface area contributed by atoms with E-state index in [9.17, 15) is 14.4 Å². The van der Waals surface area contributed by atoms with E-state index in [1.807, 2.05) is 0 Å². The molecule has 116 valence electrons. The maximum atomic E-state index is 12.1. The molecule has 0 aliphatic heterocycles. The quantitative estimate of drug-likeness (QED) is 0.504. The molecule has 5 nitrogen and oxygen atoms in total. The first-order chi connectivity index (χ1) is 9.99. The number of carbonyl (C=O) groups is 3. The number of hydrogen-bond donors (Lipinski definition) is 2. The topological polar surface area (TPSA) is 91.7 Å². The van der Waals surface area contributed by atoms with Crippen molar-refractivity contribution in [3.05, 3.63) is 23.3 Å². The van der Waals surface area contributed by atoms with Crippen molar-refractivity contribution in [2.45, 2.75) is 51.9 Å². The Bertz CT molecular complexity index is 473. The highest BCUT2D eigenvalue weighted by molar-refractivity contribution is 6.16. The first-order valence-corrected chi connectivity index (χ1v) is 7.40. The molecule has 0 spiro atoms. The van der Waals surface area contributed by atoms with Crippen LogP contribution in [0.2, 0.25) is 0 Å². The summed E-state index contributed by atoms with van der Waals surface area (Å²) in [6.45, 7) is 2.14. The molecule has 1 rings (SSSR count). The third-order valence-corrected chi connectivity index (χ3v) is 3.65. The first kappa shape index (κ1) is 17.1. The maximum Gasteiger partial charge on any atom is 0.332 e. The van der Waals surface area contributed by atoms with Crippen LogP contribution in [0.1, 0.15) is 51.9 Å². The third kappa shape index (κ3) is 4.85. The van der Waals surface area contributed by atoms with E-state index >= 15 is 0 Å². The molecule has 1 unspecified atom stereocenters. The van der Waals surface area contributed by atoms with Crippen molar-refractivity contribution >= 4 is 17.7 Å². The third-order valence-electron chi connectivity index (χ3n) is 3.65. The molecule has 0 fully saturated rings. The average molecular weight is 294 g/mol. The molecule has 0 saturated carbocycles. The smallest absolute Gasteiger partial charge is 0.332 e. The predicted octanol–water partition coefficient (Wildman–Crippen LogP) is 2.96. The Hall–Kier alpha value is -1.91. The van der Waals surface area contributed by atoms with E-state index in [0.717, 1.165) is 19.3 Å². The largest absolute Gasteiger partial charge is 0.480 e. The van der Waals surface area contributed by atoms with E-state index in [1.165, 1.54) is 31.4 Å². The summed E-state index contributed by atoms with van der Waals surface area (Å²) in [5.74, 6) is -4.91. The summed E-state index contributed by atoms with van der Waals surface area (Å²) in [4.78, 5) is 34.2. The second-order valence-electron chi connectivity index (χ2n) is 5.27. The van der Waals surface area contributed by atoms with Crippen LogP contribution in [-0.2, 0) is 14.4 Å². The number of hydrogen-bond acceptors (Lipinski definition) is 3. The number of carboxylic acid groups (broad SMARTS) is 2. The Morgan fingerprint density at radius 1 is 1.05 bits per heavy atom. The van der Waals surface area contributed by atoms with Crippen molar-refractivity contribution in [2.75, 3.05) is 0 Å². The van der Waals surface area contributed by atoms with Gasteiger partial charge in [0.15, 0.2) is 11.7 Å². The summed E-state index contributed by atoms with van der Waals surface area (Å²) in [5, 5.41) is 18.0. The molecule has 0 aromatic heterocycles. The number of Topliss-reactive ketones (excluding diaryl/α,β-unsaturated/α-hetero) is 1. The SMILES string of the molecule is CCCCCCCCC1=CC=C(C(=O)O)C(C(=O)O)C1=O. The van der Waals surface area contributed by atoms with E-state index in [4.69, 9.17) is 10.2 Å². The molecule has 2 N–H and O–H groups in total. The standard InChI is InChI=1S/C16H22O5/c1-2-3-4-5-6-7-8-11-9-10-12(15(18)19)13(14(11)17)16(20)21/h9-10,13H,2-8H2,1H3,(H,18,19)(H,20,21). The zero-order valence-electron chi connectivity index (χ0n) is 12.3. The van der Waals surface area contributed by atoms with Crippen LogP contribution in [0, 0.1) is 5.92 Å². The molecule has 0 aromatic rings. The normalized spacial score (nSPS) is 18.1. The highest BCUT2D eigenvalue weighted by Gasteiger charge is 2.37. The van der Waals surface area contributed by atoms with Gasteiger partial charge in [0.2, 0.25) is 0 Å². The average Bonchev–Trinajstić information content (AvgIpc) is 2.43.